The first-order chi connectivity index (χ1) is 8.83. The molecule has 2 aromatic rings. The number of nitrogens with zero attached hydrogens (tertiary/aromatic N) is 2. The fraction of sp³-hybridized carbons (Fsp3) is 0.231. The van der Waals surface area contributed by atoms with E-state index in [1.807, 2.05) is 18.2 Å². The molecule has 5 heteroatoms. The maximum Gasteiger partial charge on any atom is 0.142 e. The molecular formula is C13H12IN3O. The molecule has 0 spiro atoms. The van der Waals surface area contributed by atoms with E-state index in [4.69, 9.17) is 4.74 Å². The van der Waals surface area contributed by atoms with E-state index in [2.05, 4.69) is 43.9 Å². The summed E-state index contributed by atoms with van der Waals surface area (Å²) < 4.78 is 6.88. The van der Waals surface area contributed by atoms with Crippen molar-refractivity contribution in [1.82, 2.24) is 9.97 Å². The lowest BCUT2D eigenvalue weighted by atomic mass is 10.1. The molecule has 0 aliphatic carbocycles. The SMILES string of the molecule is Ic1cncnc1NCC1Cc2ccccc2O1. The Labute approximate surface area is 119 Å². The van der Waals surface area contributed by atoms with Crippen LogP contribution >= 0.6 is 22.6 Å². The maximum absolute atomic E-state index is 5.86. The van der Waals surface area contributed by atoms with Crippen molar-refractivity contribution in [3.63, 3.8) is 0 Å². The van der Waals surface area contributed by atoms with Gasteiger partial charge in [-0.3, -0.25) is 0 Å². The first-order valence-corrected chi connectivity index (χ1v) is 6.85. The largest absolute Gasteiger partial charge is 0.488 e. The molecule has 1 unspecified atom stereocenters. The second-order valence-electron chi connectivity index (χ2n) is 4.15. The van der Waals surface area contributed by atoms with Crippen LogP contribution in [0.4, 0.5) is 5.82 Å². The third-order valence-corrected chi connectivity index (χ3v) is 3.67. The van der Waals surface area contributed by atoms with Crippen LogP contribution in [0.1, 0.15) is 5.56 Å². The second kappa shape index (κ2) is 5.09. The lowest BCUT2D eigenvalue weighted by molar-refractivity contribution is 0.246. The average molecular weight is 353 g/mol. The number of fused-ring (bicyclic) bond motifs is 1. The van der Waals surface area contributed by atoms with E-state index in [1.54, 1.807) is 12.5 Å². The van der Waals surface area contributed by atoms with Crippen molar-refractivity contribution in [2.24, 2.45) is 0 Å². The summed E-state index contributed by atoms with van der Waals surface area (Å²) in [4.78, 5) is 8.17. The van der Waals surface area contributed by atoms with Crippen LogP contribution < -0.4 is 10.1 Å². The number of ether oxygens (including phenoxy) is 1. The van der Waals surface area contributed by atoms with Gasteiger partial charge in [-0.2, -0.15) is 0 Å². The molecule has 1 aromatic heterocycles. The maximum atomic E-state index is 5.86. The molecule has 0 bridgehead atoms. The first-order valence-electron chi connectivity index (χ1n) is 5.77. The van der Waals surface area contributed by atoms with E-state index < -0.39 is 0 Å². The van der Waals surface area contributed by atoms with Gasteiger partial charge in [0.1, 0.15) is 24.0 Å². The van der Waals surface area contributed by atoms with Gasteiger partial charge >= 0.3 is 0 Å². The quantitative estimate of drug-likeness (QED) is 0.862. The zero-order chi connectivity index (χ0) is 12.4. The van der Waals surface area contributed by atoms with E-state index >= 15 is 0 Å². The van der Waals surface area contributed by atoms with Gasteiger partial charge in [0, 0.05) is 12.6 Å². The van der Waals surface area contributed by atoms with Crippen molar-refractivity contribution in [1.29, 1.82) is 0 Å². The topological polar surface area (TPSA) is 47.0 Å². The number of nitrogens with one attached hydrogen (secondary N) is 1. The van der Waals surface area contributed by atoms with Crippen LogP contribution in [0.3, 0.4) is 0 Å². The summed E-state index contributed by atoms with van der Waals surface area (Å²) in [5.41, 5.74) is 1.28. The minimum absolute atomic E-state index is 0.174. The van der Waals surface area contributed by atoms with E-state index in [1.165, 1.54) is 5.56 Å². The molecule has 1 aliphatic heterocycles. The molecule has 1 atom stereocenters. The molecule has 0 fully saturated rings. The molecule has 3 rings (SSSR count). The smallest absolute Gasteiger partial charge is 0.142 e. The summed E-state index contributed by atoms with van der Waals surface area (Å²) in [6.07, 6.45) is 4.47. The second-order valence-corrected chi connectivity index (χ2v) is 5.31. The molecule has 0 radical (unpaired) electrons. The predicted octanol–water partition coefficient (Wildman–Crippen LogP) is 2.50. The molecule has 4 nitrogen and oxygen atoms in total. The molecule has 1 aliphatic rings. The van der Waals surface area contributed by atoms with Crippen LogP contribution in [-0.4, -0.2) is 22.6 Å². The van der Waals surface area contributed by atoms with Gasteiger partial charge in [-0.05, 0) is 34.2 Å². The van der Waals surface area contributed by atoms with Crippen molar-refractivity contribution in [3.8, 4) is 5.75 Å². The van der Waals surface area contributed by atoms with Crippen LogP contribution in [0.5, 0.6) is 5.75 Å². The van der Waals surface area contributed by atoms with Gasteiger partial charge in [-0.15, -0.1) is 0 Å². The van der Waals surface area contributed by atoms with Gasteiger partial charge in [0.15, 0.2) is 0 Å². The summed E-state index contributed by atoms with van der Waals surface area (Å²) >= 11 is 2.22. The number of benzene rings is 1. The fourth-order valence-corrected chi connectivity index (χ4v) is 2.51. The molecule has 18 heavy (non-hydrogen) atoms. The number of aromatic nitrogens is 2. The Balaban J connectivity index is 1.62. The van der Waals surface area contributed by atoms with Gasteiger partial charge < -0.3 is 10.1 Å². The van der Waals surface area contributed by atoms with Gasteiger partial charge in [0.05, 0.1) is 10.1 Å². The van der Waals surface area contributed by atoms with Gasteiger partial charge in [0.2, 0.25) is 0 Å². The third kappa shape index (κ3) is 2.40. The molecule has 2 heterocycles. The van der Waals surface area contributed by atoms with E-state index in [9.17, 15) is 0 Å². The van der Waals surface area contributed by atoms with E-state index in [0.29, 0.717) is 0 Å². The highest BCUT2D eigenvalue weighted by Crippen LogP contribution is 2.28. The molecule has 0 saturated carbocycles. The van der Waals surface area contributed by atoms with Crippen LogP contribution in [0.2, 0.25) is 0 Å². The highest BCUT2D eigenvalue weighted by atomic mass is 127. The Morgan fingerprint density at radius 1 is 1.39 bits per heavy atom. The Morgan fingerprint density at radius 3 is 3.11 bits per heavy atom. The third-order valence-electron chi connectivity index (χ3n) is 2.88. The highest BCUT2D eigenvalue weighted by Gasteiger charge is 2.22. The molecule has 0 amide bonds. The summed E-state index contributed by atoms with van der Waals surface area (Å²) in [7, 11) is 0. The molecule has 0 saturated heterocycles. The van der Waals surface area contributed by atoms with Gasteiger partial charge in [0.25, 0.3) is 0 Å². The fourth-order valence-electron chi connectivity index (χ4n) is 2.02. The number of hydrogen-bond acceptors (Lipinski definition) is 4. The molecule has 1 aromatic carbocycles. The van der Waals surface area contributed by atoms with Gasteiger partial charge in [-0.1, -0.05) is 18.2 Å². The molecule has 1 N–H and O–H groups in total. The highest BCUT2D eigenvalue weighted by molar-refractivity contribution is 14.1. The monoisotopic (exact) mass is 353 g/mol. The Morgan fingerprint density at radius 2 is 2.28 bits per heavy atom. The number of anilines is 1. The Bertz CT molecular complexity index is 536. The Hall–Kier alpha value is -1.37. The summed E-state index contributed by atoms with van der Waals surface area (Å²) in [6, 6.07) is 8.18. The first kappa shape index (κ1) is 11.7. The minimum atomic E-state index is 0.174. The van der Waals surface area contributed by atoms with Crippen molar-refractivity contribution in [3.05, 3.63) is 45.9 Å². The standard InChI is InChI=1S/C13H12IN3O/c14-11-7-15-8-17-13(11)16-6-10-5-9-3-1-2-4-12(9)18-10/h1-4,7-8,10H,5-6H2,(H,15,16,17). The number of rotatable bonds is 3. The lowest BCUT2D eigenvalue weighted by Gasteiger charge is -2.12. The molecule has 92 valence electrons. The van der Waals surface area contributed by atoms with Crippen LogP contribution in [0.25, 0.3) is 0 Å². The van der Waals surface area contributed by atoms with E-state index in [0.717, 1.165) is 28.1 Å². The number of halogens is 1. The minimum Gasteiger partial charge on any atom is -0.488 e. The number of hydrogen-bond donors (Lipinski definition) is 1. The van der Waals surface area contributed by atoms with Crippen LogP contribution in [0, 0.1) is 3.57 Å². The lowest BCUT2D eigenvalue weighted by Crippen LogP contribution is -2.24. The zero-order valence-corrected chi connectivity index (χ0v) is 11.8. The van der Waals surface area contributed by atoms with Crippen molar-refractivity contribution < 1.29 is 4.74 Å². The van der Waals surface area contributed by atoms with Crippen molar-refractivity contribution >= 4 is 28.4 Å². The van der Waals surface area contributed by atoms with Crippen molar-refractivity contribution in [2.75, 3.05) is 11.9 Å². The normalized spacial score (nSPS) is 17.1. The predicted molar refractivity (Wildman–Crippen MR) is 77.8 cm³/mol. The summed E-state index contributed by atoms with van der Waals surface area (Å²) in [5.74, 6) is 1.87. The summed E-state index contributed by atoms with van der Waals surface area (Å²) in [5, 5.41) is 3.31. The van der Waals surface area contributed by atoms with E-state index in [-0.39, 0.29) is 6.10 Å². The van der Waals surface area contributed by atoms with Crippen molar-refractivity contribution in [2.45, 2.75) is 12.5 Å². The van der Waals surface area contributed by atoms with Crippen LogP contribution in [0.15, 0.2) is 36.8 Å². The van der Waals surface area contributed by atoms with Gasteiger partial charge in [-0.25, -0.2) is 9.97 Å². The zero-order valence-electron chi connectivity index (χ0n) is 9.64. The number of para-hydroxylation sites is 1. The summed E-state index contributed by atoms with van der Waals surface area (Å²) in [6.45, 7) is 0.752. The van der Waals surface area contributed by atoms with Crippen LogP contribution in [-0.2, 0) is 6.42 Å². The molecular weight excluding hydrogens is 341 g/mol. The Kier molecular flexibility index (Phi) is 3.31. The average Bonchev–Trinajstić information content (AvgIpc) is 2.80.